The maximum absolute atomic E-state index is 10.3. The molecule has 0 fully saturated rings. The molecule has 0 heterocycles. The quantitative estimate of drug-likeness (QED) is 0.672. The second kappa shape index (κ2) is 10.0. The summed E-state index contributed by atoms with van der Waals surface area (Å²) in [7, 11) is 1.72. The smallest absolute Gasteiger partial charge is 0.0900 e. The number of methoxy groups -OCH3 is 1. The van der Waals surface area contributed by atoms with Gasteiger partial charge in [-0.2, -0.15) is 0 Å². The Morgan fingerprint density at radius 3 is 2.39 bits per heavy atom. The van der Waals surface area contributed by atoms with Crippen LogP contribution in [-0.2, 0) is 16.0 Å². The van der Waals surface area contributed by atoms with Crippen LogP contribution in [0, 0.1) is 6.92 Å². The third-order valence-corrected chi connectivity index (χ3v) is 3.53. The van der Waals surface area contributed by atoms with E-state index in [0.717, 1.165) is 26.1 Å². The summed E-state index contributed by atoms with van der Waals surface area (Å²) in [4.78, 5) is 2.26. The molecule has 0 amide bonds. The molecular weight excluding hydrogens is 290 g/mol. The molecule has 1 rings (SSSR count). The molecule has 0 aliphatic carbocycles. The van der Waals surface area contributed by atoms with Crippen LogP contribution in [0.15, 0.2) is 24.3 Å². The van der Waals surface area contributed by atoms with Crippen molar-refractivity contribution in [3.8, 4) is 0 Å². The summed E-state index contributed by atoms with van der Waals surface area (Å²) in [5, 5.41) is 10.3. The van der Waals surface area contributed by atoms with Crippen molar-refractivity contribution < 1.29 is 14.6 Å². The summed E-state index contributed by atoms with van der Waals surface area (Å²) in [6.07, 6.45) is 0.470. The molecular formula is C19H33NO3. The van der Waals surface area contributed by atoms with Gasteiger partial charge in [0.05, 0.1) is 18.3 Å². The molecule has 0 aliphatic heterocycles. The summed E-state index contributed by atoms with van der Waals surface area (Å²) in [6, 6.07) is 8.55. The third-order valence-electron chi connectivity index (χ3n) is 3.53. The largest absolute Gasteiger partial charge is 0.389 e. The van der Waals surface area contributed by atoms with Gasteiger partial charge < -0.3 is 14.6 Å². The molecule has 1 atom stereocenters. The Kier molecular flexibility index (Phi) is 8.77. The van der Waals surface area contributed by atoms with Gasteiger partial charge in [0.2, 0.25) is 0 Å². The number of aliphatic hydroxyl groups excluding tert-OH is 1. The summed E-state index contributed by atoms with van der Waals surface area (Å²) < 4.78 is 10.8. The van der Waals surface area contributed by atoms with Crippen LogP contribution in [0.5, 0.6) is 0 Å². The van der Waals surface area contributed by atoms with Crippen molar-refractivity contribution in [2.75, 3.05) is 33.4 Å². The van der Waals surface area contributed by atoms with Gasteiger partial charge in [0.1, 0.15) is 0 Å². The molecule has 4 heteroatoms. The SMILES string of the molecule is COCCCN(Cc1ccc(C)cc1)C[C@@H](O)COC(C)(C)C. The highest BCUT2D eigenvalue weighted by Crippen LogP contribution is 2.11. The molecule has 0 radical (unpaired) electrons. The first-order valence-electron chi connectivity index (χ1n) is 8.39. The molecule has 23 heavy (non-hydrogen) atoms. The van der Waals surface area contributed by atoms with E-state index >= 15 is 0 Å². The number of aliphatic hydroxyl groups is 1. The zero-order valence-electron chi connectivity index (χ0n) is 15.3. The van der Waals surface area contributed by atoms with E-state index in [-0.39, 0.29) is 5.60 Å². The average molecular weight is 323 g/mol. The molecule has 4 nitrogen and oxygen atoms in total. The van der Waals surface area contributed by atoms with Crippen LogP contribution in [0.25, 0.3) is 0 Å². The topological polar surface area (TPSA) is 41.9 Å². The molecule has 1 N–H and O–H groups in total. The van der Waals surface area contributed by atoms with E-state index in [1.165, 1.54) is 11.1 Å². The van der Waals surface area contributed by atoms with E-state index < -0.39 is 6.10 Å². The lowest BCUT2D eigenvalue weighted by atomic mass is 10.1. The van der Waals surface area contributed by atoms with Gasteiger partial charge in [0, 0.05) is 33.4 Å². The van der Waals surface area contributed by atoms with E-state index in [2.05, 4.69) is 36.1 Å². The van der Waals surface area contributed by atoms with Crippen molar-refractivity contribution in [1.29, 1.82) is 0 Å². The fourth-order valence-electron chi connectivity index (χ4n) is 2.32. The Bertz CT molecular complexity index is 425. The first kappa shape index (κ1) is 20.1. The van der Waals surface area contributed by atoms with E-state index in [4.69, 9.17) is 9.47 Å². The number of rotatable bonds is 10. The Hall–Kier alpha value is -0.940. The lowest BCUT2D eigenvalue weighted by Crippen LogP contribution is -2.37. The Morgan fingerprint density at radius 1 is 1.17 bits per heavy atom. The summed E-state index contributed by atoms with van der Waals surface area (Å²) in [5.74, 6) is 0. The van der Waals surface area contributed by atoms with Gasteiger partial charge in [0.25, 0.3) is 0 Å². The van der Waals surface area contributed by atoms with Crippen LogP contribution in [0.1, 0.15) is 38.3 Å². The second-order valence-corrected chi connectivity index (χ2v) is 7.14. The number of nitrogens with zero attached hydrogens (tertiary/aromatic N) is 1. The van der Waals surface area contributed by atoms with Gasteiger partial charge in [-0.05, 0) is 39.7 Å². The van der Waals surface area contributed by atoms with Crippen LogP contribution < -0.4 is 0 Å². The Morgan fingerprint density at radius 2 is 1.83 bits per heavy atom. The second-order valence-electron chi connectivity index (χ2n) is 7.14. The third kappa shape index (κ3) is 9.72. The van der Waals surface area contributed by atoms with Crippen molar-refractivity contribution in [3.63, 3.8) is 0 Å². The van der Waals surface area contributed by atoms with Crippen LogP contribution in [0.2, 0.25) is 0 Å². The molecule has 0 spiro atoms. The van der Waals surface area contributed by atoms with E-state index in [9.17, 15) is 5.11 Å². The van der Waals surface area contributed by atoms with E-state index in [0.29, 0.717) is 13.2 Å². The maximum Gasteiger partial charge on any atom is 0.0900 e. The molecule has 132 valence electrons. The van der Waals surface area contributed by atoms with Crippen LogP contribution >= 0.6 is 0 Å². The first-order valence-corrected chi connectivity index (χ1v) is 8.39. The van der Waals surface area contributed by atoms with Crippen LogP contribution in [0.3, 0.4) is 0 Å². The normalized spacial score (nSPS) is 13.5. The van der Waals surface area contributed by atoms with Gasteiger partial charge >= 0.3 is 0 Å². The van der Waals surface area contributed by atoms with Gasteiger partial charge in [-0.25, -0.2) is 0 Å². The summed E-state index contributed by atoms with van der Waals surface area (Å²) >= 11 is 0. The molecule has 0 aliphatic rings. The van der Waals surface area contributed by atoms with Gasteiger partial charge in [-0.3, -0.25) is 4.90 Å². The number of benzene rings is 1. The molecule has 0 aromatic heterocycles. The zero-order chi connectivity index (χ0) is 17.3. The van der Waals surface area contributed by atoms with Crippen molar-refractivity contribution >= 4 is 0 Å². The maximum atomic E-state index is 10.3. The molecule has 0 unspecified atom stereocenters. The highest BCUT2D eigenvalue weighted by molar-refractivity contribution is 5.21. The predicted molar refractivity (Wildman–Crippen MR) is 94.7 cm³/mol. The van der Waals surface area contributed by atoms with Crippen LogP contribution in [-0.4, -0.2) is 55.1 Å². The minimum absolute atomic E-state index is 0.223. The molecule has 0 bridgehead atoms. The summed E-state index contributed by atoms with van der Waals surface area (Å²) in [5.41, 5.74) is 2.30. The number of ether oxygens (including phenoxy) is 2. The van der Waals surface area contributed by atoms with Gasteiger partial charge in [0.15, 0.2) is 0 Å². The summed E-state index contributed by atoms with van der Waals surface area (Å²) in [6.45, 7) is 11.5. The minimum Gasteiger partial charge on any atom is -0.389 e. The fourth-order valence-corrected chi connectivity index (χ4v) is 2.32. The van der Waals surface area contributed by atoms with Crippen molar-refractivity contribution in [2.24, 2.45) is 0 Å². The van der Waals surface area contributed by atoms with E-state index in [1.54, 1.807) is 7.11 Å². The Balaban J connectivity index is 2.55. The number of aryl methyl sites for hydroxylation is 1. The highest BCUT2D eigenvalue weighted by atomic mass is 16.5. The lowest BCUT2D eigenvalue weighted by molar-refractivity contribution is -0.0569. The zero-order valence-corrected chi connectivity index (χ0v) is 15.3. The fraction of sp³-hybridized carbons (Fsp3) is 0.684. The average Bonchev–Trinajstić information content (AvgIpc) is 2.47. The highest BCUT2D eigenvalue weighted by Gasteiger charge is 2.16. The van der Waals surface area contributed by atoms with Crippen molar-refractivity contribution in [1.82, 2.24) is 4.90 Å². The molecule has 0 saturated carbocycles. The first-order chi connectivity index (χ1) is 10.8. The van der Waals surface area contributed by atoms with Crippen molar-refractivity contribution in [3.05, 3.63) is 35.4 Å². The molecule has 0 saturated heterocycles. The standard InChI is InChI=1S/C19H33NO3/c1-16-7-9-17(10-8-16)13-20(11-6-12-22-5)14-18(21)15-23-19(2,3)4/h7-10,18,21H,6,11-15H2,1-5H3/t18-/m1/s1. The minimum atomic E-state index is -0.484. The van der Waals surface area contributed by atoms with Crippen molar-refractivity contribution in [2.45, 2.75) is 52.4 Å². The van der Waals surface area contributed by atoms with Gasteiger partial charge in [-0.15, -0.1) is 0 Å². The lowest BCUT2D eigenvalue weighted by Gasteiger charge is -2.27. The predicted octanol–water partition coefficient (Wildman–Crippen LogP) is 3.01. The molecule has 1 aromatic rings. The van der Waals surface area contributed by atoms with Crippen LogP contribution in [0.4, 0.5) is 0 Å². The monoisotopic (exact) mass is 323 g/mol. The van der Waals surface area contributed by atoms with Gasteiger partial charge in [-0.1, -0.05) is 29.8 Å². The Labute approximate surface area is 141 Å². The van der Waals surface area contributed by atoms with E-state index in [1.807, 2.05) is 20.8 Å². The number of hydrogen-bond donors (Lipinski definition) is 1. The molecule has 1 aromatic carbocycles. The number of hydrogen-bond acceptors (Lipinski definition) is 4.